The number of thiophene rings is 1. The Balaban J connectivity index is 1.32. The Morgan fingerprint density at radius 1 is 0.915 bits per heavy atom. The quantitative estimate of drug-likeness (QED) is 0.0682. The molecule has 0 saturated carbocycles. The van der Waals surface area contributed by atoms with Gasteiger partial charge >= 0.3 is 5.97 Å². The molecule has 3 aromatic carbocycles. The van der Waals surface area contributed by atoms with Crippen molar-refractivity contribution in [2.24, 2.45) is 0 Å². The molecule has 12 heteroatoms. The minimum Gasteiger partial charge on any atom is -0.466 e. The predicted molar refractivity (Wildman–Crippen MR) is 187 cm³/mol. The number of hydrogen-bond donors (Lipinski definition) is 3. The molecule has 0 bridgehead atoms. The van der Waals surface area contributed by atoms with Crippen molar-refractivity contribution in [3.8, 4) is 0 Å². The highest BCUT2D eigenvalue weighted by molar-refractivity contribution is 8.00. The van der Waals surface area contributed by atoms with E-state index in [2.05, 4.69) is 20.9 Å². The molecular formula is C35H30N4O5S3. The SMILES string of the molecule is CCOC(=O)Cc1csc(NC(=O)C(Sc2cccc(NC(=O)/C(=C/c3ccsc3)NC(=O)c3ccccc3)c2)c2ccccc2)n1. The van der Waals surface area contributed by atoms with E-state index in [1.165, 1.54) is 34.4 Å². The number of thioether (sulfide) groups is 1. The van der Waals surface area contributed by atoms with Gasteiger partial charge in [-0.1, -0.05) is 54.6 Å². The van der Waals surface area contributed by atoms with Gasteiger partial charge in [0, 0.05) is 21.5 Å². The van der Waals surface area contributed by atoms with Crippen molar-refractivity contribution < 1.29 is 23.9 Å². The molecule has 2 aromatic heterocycles. The van der Waals surface area contributed by atoms with Crippen molar-refractivity contribution in [1.82, 2.24) is 10.3 Å². The number of benzene rings is 3. The molecule has 9 nitrogen and oxygen atoms in total. The van der Waals surface area contributed by atoms with Crippen LogP contribution in [0.2, 0.25) is 0 Å². The zero-order valence-corrected chi connectivity index (χ0v) is 27.6. The van der Waals surface area contributed by atoms with E-state index in [9.17, 15) is 19.2 Å². The summed E-state index contributed by atoms with van der Waals surface area (Å²) in [6.45, 7) is 2.02. The fourth-order valence-electron chi connectivity index (χ4n) is 4.33. The molecule has 0 spiro atoms. The number of esters is 1. The molecule has 47 heavy (non-hydrogen) atoms. The van der Waals surface area contributed by atoms with Crippen molar-refractivity contribution >= 4 is 75.0 Å². The third kappa shape index (κ3) is 9.72. The molecule has 2 heterocycles. The molecular weight excluding hydrogens is 653 g/mol. The maximum absolute atomic E-state index is 13.6. The van der Waals surface area contributed by atoms with Gasteiger partial charge in [0.1, 0.15) is 10.9 Å². The molecule has 238 valence electrons. The topological polar surface area (TPSA) is 126 Å². The van der Waals surface area contributed by atoms with E-state index in [0.717, 1.165) is 16.0 Å². The predicted octanol–water partition coefficient (Wildman–Crippen LogP) is 7.19. The molecule has 3 amide bonds. The van der Waals surface area contributed by atoms with Crippen molar-refractivity contribution in [3.05, 3.63) is 135 Å². The standard InChI is InChI=1S/C35H30N4O5S3/c1-2-44-30(40)20-27-22-46-35(37-27)39-34(43)31(24-10-5-3-6-11-24)47-28-15-9-14-26(19-28)36-33(42)29(18-23-16-17-45-21-23)38-32(41)25-12-7-4-8-13-25/h3-19,21-22,31H,2,20H2,1H3,(H,36,42)(H,38,41)(H,37,39,43)/b29-18-. The lowest BCUT2D eigenvalue weighted by Crippen LogP contribution is -2.30. The van der Waals surface area contributed by atoms with Crippen LogP contribution in [0.15, 0.2) is 118 Å². The molecule has 0 radical (unpaired) electrons. The number of thiazole rings is 1. The van der Waals surface area contributed by atoms with E-state index < -0.39 is 17.1 Å². The molecule has 5 aromatic rings. The van der Waals surface area contributed by atoms with Gasteiger partial charge in [0.15, 0.2) is 5.13 Å². The number of ether oxygens (including phenoxy) is 1. The highest BCUT2D eigenvalue weighted by Gasteiger charge is 2.24. The molecule has 0 fully saturated rings. The Morgan fingerprint density at radius 3 is 2.40 bits per heavy atom. The number of anilines is 2. The Hall–Kier alpha value is -5.04. The molecule has 5 rings (SSSR count). The van der Waals surface area contributed by atoms with Crippen LogP contribution in [0.25, 0.3) is 6.08 Å². The van der Waals surface area contributed by atoms with Gasteiger partial charge < -0.3 is 20.7 Å². The van der Waals surface area contributed by atoms with Crippen LogP contribution in [-0.2, 0) is 25.5 Å². The number of hydrogen-bond acceptors (Lipinski definition) is 9. The summed E-state index contributed by atoms with van der Waals surface area (Å²) >= 11 is 4.02. The first-order chi connectivity index (χ1) is 22.9. The second-order valence-corrected chi connectivity index (χ2v) is 12.8. The van der Waals surface area contributed by atoms with E-state index >= 15 is 0 Å². The number of nitrogens with one attached hydrogen (secondary N) is 3. The summed E-state index contributed by atoms with van der Waals surface area (Å²) in [6.07, 6.45) is 1.65. The van der Waals surface area contributed by atoms with Crippen LogP contribution in [0, 0.1) is 0 Å². The molecule has 0 aliphatic rings. The van der Waals surface area contributed by atoms with Crippen LogP contribution in [-0.4, -0.2) is 35.3 Å². The van der Waals surface area contributed by atoms with Gasteiger partial charge in [-0.3, -0.25) is 19.2 Å². The highest BCUT2D eigenvalue weighted by Crippen LogP contribution is 2.37. The van der Waals surface area contributed by atoms with E-state index in [1.54, 1.807) is 60.8 Å². The van der Waals surface area contributed by atoms with Crippen molar-refractivity contribution in [2.45, 2.75) is 23.5 Å². The molecule has 0 aliphatic heterocycles. The number of aromatic nitrogens is 1. The summed E-state index contributed by atoms with van der Waals surface area (Å²) in [6, 6.07) is 27.0. The first kappa shape index (κ1) is 33.3. The van der Waals surface area contributed by atoms with Gasteiger partial charge in [-0.2, -0.15) is 11.3 Å². The fourth-order valence-corrected chi connectivity index (χ4v) is 6.74. The number of carbonyl (C=O) groups is 4. The molecule has 0 saturated heterocycles. The zero-order valence-electron chi connectivity index (χ0n) is 25.2. The number of rotatable bonds is 13. The third-order valence-electron chi connectivity index (χ3n) is 6.48. The Kier molecular flexibility index (Phi) is 11.7. The molecule has 1 unspecified atom stereocenters. The van der Waals surface area contributed by atoms with Crippen LogP contribution < -0.4 is 16.0 Å². The Labute approximate surface area is 284 Å². The fraction of sp³-hybridized carbons (Fsp3) is 0.114. The van der Waals surface area contributed by atoms with E-state index in [1.807, 2.05) is 59.3 Å². The molecule has 3 N–H and O–H groups in total. The van der Waals surface area contributed by atoms with Crippen molar-refractivity contribution in [1.29, 1.82) is 0 Å². The maximum Gasteiger partial charge on any atom is 0.311 e. The summed E-state index contributed by atoms with van der Waals surface area (Å²) in [7, 11) is 0. The lowest BCUT2D eigenvalue weighted by Gasteiger charge is -2.17. The summed E-state index contributed by atoms with van der Waals surface area (Å²) in [5.41, 5.74) is 3.07. The number of nitrogens with zero attached hydrogens (tertiary/aromatic N) is 1. The summed E-state index contributed by atoms with van der Waals surface area (Å²) in [5, 5.41) is 13.7. The van der Waals surface area contributed by atoms with Crippen LogP contribution in [0.4, 0.5) is 10.8 Å². The smallest absolute Gasteiger partial charge is 0.311 e. The summed E-state index contributed by atoms with van der Waals surface area (Å²) in [5.74, 6) is -1.58. The Bertz CT molecular complexity index is 1860. The minimum atomic E-state index is -0.654. The van der Waals surface area contributed by atoms with Crippen molar-refractivity contribution in [3.63, 3.8) is 0 Å². The van der Waals surface area contributed by atoms with E-state index in [-0.39, 0.29) is 30.6 Å². The first-order valence-electron chi connectivity index (χ1n) is 14.5. The average Bonchev–Trinajstić information content (AvgIpc) is 3.76. The summed E-state index contributed by atoms with van der Waals surface area (Å²) < 4.78 is 4.99. The van der Waals surface area contributed by atoms with Gasteiger partial charge in [0.05, 0.1) is 18.7 Å². The van der Waals surface area contributed by atoms with Crippen LogP contribution in [0.3, 0.4) is 0 Å². The van der Waals surface area contributed by atoms with Gasteiger partial charge in [0.2, 0.25) is 5.91 Å². The van der Waals surface area contributed by atoms with Gasteiger partial charge in [-0.05, 0) is 71.3 Å². The van der Waals surface area contributed by atoms with Gasteiger partial charge in [-0.15, -0.1) is 23.1 Å². The minimum absolute atomic E-state index is 0.0235. The van der Waals surface area contributed by atoms with Gasteiger partial charge in [-0.25, -0.2) is 4.98 Å². The summed E-state index contributed by atoms with van der Waals surface area (Å²) in [4.78, 5) is 57.0. The monoisotopic (exact) mass is 682 g/mol. The maximum atomic E-state index is 13.6. The number of carbonyl (C=O) groups excluding carboxylic acids is 4. The largest absolute Gasteiger partial charge is 0.466 e. The lowest BCUT2D eigenvalue weighted by molar-refractivity contribution is -0.142. The van der Waals surface area contributed by atoms with E-state index in [4.69, 9.17) is 4.74 Å². The number of amides is 3. The second kappa shape index (κ2) is 16.5. The van der Waals surface area contributed by atoms with Crippen molar-refractivity contribution in [2.75, 3.05) is 17.2 Å². The van der Waals surface area contributed by atoms with Crippen LogP contribution >= 0.6 is 34.4 Å². The highest BCUT2D eigenvalue weighted by atomic mass is 32.2. The van der Waals surface area contributed by atoms with Crippen LogP contribution in [0.5, 0.6) is 0 Å². The third-order valence-corrected chi connectivity index (χ3v) is 9.24. The zero-order chi connectivity index (χ0) is 33.0. The Morgan fingerprint density at radius 2 is 1.68 bits per heavy atom. The average molecular weight is 683 g/mol. The molecule has 0 aliphatic carbocycles. The first-order valence-corrected chi connectivity index (χ1v) is 17.2. The second-order valence-electron chi connectivity index (χ2n) is 9.94. The van der Waals surface area contributed by atoms with E-state index in [0.29, 0.717) is 22.1 Å². The van der Waals surface area contributed by atoms with Crippen LogP contribution in [0.1, 0.15) is 39.4 Å². The normalized spacial score (nSPS) is 11.7. The lowest BCUT2D eigenvalue weighted by atomic mass is 10.1. The molecule has 1 atom stereocenters. The van der Waals surface area contributed by atoms with Gasteiger partial charge in [0.25, 0.3) is 11.8 Å².